The first-order chi connectivity index (χ1) is 16.3. The Balaban J connectivity index is 1.92. The van der Waals surface area contributed by atoms with E-state index in [2.05, 4.69) is 30.3 Å². The van der Waals surface area contributed by atoms with Gasteiger partial charge in [-0.25, -0.2) is 4.79 Å². The molecule has 4 rings (SSSR count). The van der Waals surface area contributed by atoms with Crippen LogP contribution in [0.5, 0.6) is 0 Å². The molecule has 0 spiro atoms. The molecule has 0 saturated heterocycles. The Labute approximate surface area is 200 Å². The fourth-order valence-electron chi connectivity index (χ4n) is 5.35. The molecule has 0 radical (unpaired) electrons. The lowest BCUT2D eigenvalue weighted by Crippen LogP contribution is -2.58. The summed E-state index contributed by atoms with van der Waals surface area (Å²) in [6, 6.07) is 24.3. The summed E-state index contributed by atoms with van der Waals surface area (Å²) < 4.78 is 0. The normalized spacial score (nSPS) is 16.7. The number of rotatable bonds is 9. The smallest absolute Gasteiger partial charge is 0.330 e. The Morgan fingerprint density at radius 3 is 2.24 bits per heavy atom. The Bertz CT molecular complexity index is 1210. The van der Waals surface area contributed by atoms with Gasteiger partial charge in [-0.3, -0.25) is 4.79 Å². The Morgan fingerprint density at radius 1 is 0.941 bits per heavy atom. The van der Waals surface area contributed by atoms with Gasteiger partial charge in [0.2, 0.25) is 0 Å². The molecule has 0 fully saturated rings. The first-order valence-electron chi connectivity index (χ1n) is 11.8. The summed E-state index contributed by atoms with van der Waals surface area (Å²) in [5.41, 5.74) is 4.61. The van der Waals surface area contributed by atoms with Gasteiger partial charge in [-0.05, 0) is 47.2 Å². The quantitative estimate of drug-likeness (QED) is 0.321. The topological polar surface area (TPSA) is 77.8 Å². The Hall–Kier alpha value is -3.60. The molecule has 176 valence electrons. The molecule has 1 unspecified atom stereocenters. The summed E-state index contributed by atoms with van der Waals surface area (Å²) in [7, 11) is 1.72. The number of carboxylic acid groups (broad SMARTS) is 2. The lowest BCUT2D eigenvalue weighted by atomic mass is 9.79. The number of nitrogens with zero attached hydrogens (tertiary/aromatic N) is 1. The standard InChI is InChI=1S/C29H31NO4/c1-4-5-17-23(27(31)32)29(2,28(33)34)30(3)24-18-11-16-22-20-14-9-10-15-21(20)25(26(22)24)19-12-7-6-8-13-19/h6-16,18,23,25H,4-5,17H2,1-3H3,(H,31,32)(H,33,34)/t23-,25?,29+/m1/s1. The molecule has 3 aromatic carbocycles. The van der Waals surface area contributed by atoms with Crippen LogP contribution in [-0.2, 0) is 9.59 Å². The van der Waals surface area contributed by atoms with Crippen LogP contribution in [0.3, 0.4) is 0 Å². The zero-order chi connectivity index (χ0) is 24.5. The van der Waals surface area contributed by atoms with E-state index in [1.165, 1.54) is 5.56 Å². The van der Waals surface area contributed by atoms with E-state index in [0.29, 0.717) is 12.8 Å². The summed E-state index contributed by atoms with van der Waals surface area (Å²) in [4.78, 5) is 26.7. The van der Waals surface area contributed by atoms with Crippen LogP contribution < -0.4 is 4.90 Å². The zero-order valence-corrected chi connectivity index (χ0v) is 19.9. The fraction of sp³-hybridized carbons (Fsp3) is 0.310. The highest BCUT2D eigenvalue weighted by atomic mass is 16.4. The third-order valence-electron chi connectivity index (χ3n) is 7.38. The second kappa shape index (κ2) is 9.34. The fourth-order valence-corrected chi connectivity index (χ4v) is 5.35. The van der Waals surface area contributed by atoms with Crippen molar-refractivity contribution in [2.24, 2.45) is 5.92 Å². The number of benzene rings is 3. The third-order valence-corrected chi connectivity index (χ3v) is 7.38. The van der Waals surface area contributed by atoms with Crippen molar-refractivity contribution in [3.8, 4) is 11.1 Å². The molecule has 0 aromatic heterocycles. The number of hydrogen-bond donors (Lipinski definition) is 2. The first-order valence-corrected chi connectivity index (χ1v) is 11.8. The van der Waals surface area contributed by atoms with Crippen molar-refractivity contribution < 1.29 is 19.8 Å². The number of carboxylic acids is 2. The minimum Gasteiger partial charge on any atom is -0.481 e. The monoisotopic (exact) mass is 457 g/mol. The van der Waals surface area contributed by atoms with E-state index >= 15 is 0 Å². The molecule has 5 nitrogen and oxygen atoms in total. The van der Waals surface area contributed by atoms with Crippen LogP contribution in [0, 0.1) is 5.92 Å². The zero-order valence-electron chi connectivity index (χ0n) is 19.9. The lowest BCUT2D eigenvalue weighted by Gasteiger charge is -2.42. The summed E-state index contributed by atoms with van der Waals surface area (Å²) in [6.45, 7) is 3.52. The van der Waals surface area contributed by atoms with Gasteiger partial charge in [0.05, 0.1) is 5.92 Å². The molecule has 1 aliphatic carbocycles. The van der Waals surface area contributed by atoms with E-state index in [0.717, 1.165) is 34.4 Å². The maximum Gasteiger partial charge on any atom is 0.330 e. The van der Waals surface area contributed by atoms with Crippen molar-refractivity contribution in [1.82, 2.24) is 0 Å². The largest absolute Gasteiger partial charge is 0.481 e. The van der Waals surface area contributed by atoms with Crippen LogP contribution in [0.2, 0.25) is 0 Å². The van der Waals surface area contributed by atoms with Gasteiger partial charge in [0, 0.05) is 18.7 Å². The van der Waals surface area contributed by atoms with E-state index in [9.17, 15) is 19.8 Å². The Morgan fingerprint density at radius 2 is 1.59 bits per heavy atom. The van der Waals surface area contributed by atoms with Crippen LogP contribution in [0.15, 0.2) is 72.8 Å². The van der Waals surface area contributed by atoms with E-state index < -0.39 is 23.4 Å². The molecule has 3 atom stereocenters. The summed E-state index contributed by atoms with van der Waals surface area (Å²) in [5.74, 6) is -3.34. The van der Waals surface area contributed by atoms with E-state index in [-0.39, 0.29) is 5.92 Å². The number of carbonyl (C=O) groups is 2. The van der Waals surface area contributed by atoms with Crippen LogP contribution in [0.1, 0.15) is 55.7 Å². The number of hydrogen-bond acceptors (Lipinski definition) is 3. The van der Waals surface area contributed by atoms with Crippen molar-refractivity contribution in [3.05, 3.63) is 89.5 Å². The number of anilines is 1. The predicted octanol–water partition coefficient (Wildman–Crippen LogP) is 6.02. The highest BCUT2D eigenvalue weighted by molar-refractivity contribution is 5.92. The number of likely N-dealkylation sites (N-methyl/N-ethyl adjacent to an activating group) is 1. The van der Waals surface area contributed by atoms with Crippen LogP contribution in [0.25, 0.3) is 11.1 Å². The van der Waals surface area contributed by atoms with Crippen LogP contribution >= 0.6 is 0 Å². The number of aliphatic carboxylic acids is 2. The molecular weight excluding hydrogens is 426 g/mol. The molecule has 0 heterocycles. The van der Waals surface area contributed by atoms with E-state index in [1.807, 2.05) is 49.4 Å². The molecular formula is C29H31NO4. The third kappa shape index (κ3) is 3.75. The maximum absolute atomic E-state index is 12.7. The van der Waals surface area contributed by atoms with Crippen LogP contribution in [0.4, 0.5) is 5.69 Å². The van der Waals surface area contributed by atoms with Gasteiger partial charge in [-0.1, -0.05) is 86.5 Å². The van der Waals surface area contributed by atoms with Crippen molar-refractivity contribution in [2.75, 3.05) is 11.9 Å². The average Bonchev–Trinajstić information content (AvgIpc) is 3.18. The van der Waals surface area contributed by atoms with Gasteiger partial charge < -0.3 is 15.1 Å². The van der Waals surface area contributed by atoms with Gasteiger partial charge in [0.1, 0.15) is 5.54 Å². The summed E-state index contributed by atoms with van der Waals surface area (Å²) >= 11 is 0. The first kappa shape index (κ1) is 23.6. The molecule has 0 amide bonds. The van der Waals surface area contributed by atoms with Gasteiger partial charge in [-0.2, -0.15) is 0 Å². The SMILES string of the molecule is CCCC[C@H](C(=O)O)[C@@](C)(C(=O)O)N(C)c1cccc2c1C(c1ccccc1)c1ccccc1-2. The molecule has 0 saturated carbocycles. The predicted molar refractivity (Wildman–Crippen MR) is 134 cm³/mol. The highest BCUT2D eigenvalue weighted by Crippen LogP contribution is 2.52. The Kier molecular flexibility index (Phi) is 6.47. The maximum atomic E-state index is 12.7. The molecule has 34 heavy (non-hydrogen) atoms. The molecule has 2 N–H and O–H groups in total. The minimum absolute atomic E-state index is 0.0667. The van der Waals surface area contributed by atoms with Crippen molar-refractivity contribution >= 4 is 17.6 Å². The van der Waals surface area contributed by atoms with E-state index in [4.69, 9.17) is 0 Å². The van der Waals surface area contributed by atoms with Crippen molar-refractivity contribution in [2.45, 2.75) is 44.6 Å². The molecule has 0 bridgehead atoms. The van der Waals surface area contributed by atoms with Crippen molar-refractivity contribution in [1.29, 1.82) is 0 Å². The van der Waals surface area contributed by atoms with Gasteiger partial charge in [-0.15, -0.1) is 0 Å². The average molecular weight is 458 g/mol. The van der Waals surface area contributed by atoms with Crippen molar-refractivity contribution in [3.63, 3.8) is 0 Å². The molecule has 0 aliphatic heterocycles. The minimum atomic E-state index is -1.62. The van der Waals surface area contributed by atoms with Crippen LogP contribution in [-0.4, -0.2) is 34.7 Å². The van der Waals surface area contributed by atoms with Gasteiger partial charge >= 0.3 is 11.9 Å². The molecule has 5 heteroatoms. The highest BCUT2D eigenvalue weighted by Gasteiger charge is 2.50. The second-order valence-electron chi connectivity index (χ2n) is 9.21. The molecule has 3 aromatic rings. The number of unbranched alkanes of at least 4 members (excludes halogenated alkanes) is 1. The molecule has 1 aliphatic rings. The van der Waals surface area contributed by atoms with Gasteiger partial charge in [0.15, 0.2) is 0 Å². The summed E-state index contributed by atoms with van der Waals surface area (Å²) in [6.07, 6.45) is 1.75. The van der Waals surface area contributed by atoms with Gasteiger partial charge in [0.25, 0.3) is 0 Å². The summed E-state index contributed by atoms with van der Waals surface area (Å²) in [5, 5.41) is 20.4. The number of fused-ring (bicyclic) bond motifs is 3. The lowest BCUT2D eigenvalue weighted by molar-refractivity contribution is -0.155. The van der Waals surface area contributed by atoms with E-state index in [1.54, 1.807) is 18.9 Å². The second-order valence-corrected chi connectivity index (χ2v) is 9.21.